The average Bonchev–Trinajstić information content (AvgIpc) is 2.75. The minimum atomic E-state index is -0.521. The van der Waals surface area contributed by atoms with Crippen LogP contribution in [0, 0.1) is 12.7 Å². The summed E-state index contributed by atoms with van der Waals surface area (Å²) in [5, 5.41) is 7.65. The van der Waals surface area contributed by atoms with Crippen molar-refractivity contribution in [2.24, 2.45) is 0 Å². The monoisotopic (exact) mass is 341 g/mol. The summed E-state index contributed by atoms with van der Waals surface area (Å²) in [5.74, 6) is -0.862. The van der Waals surface area contributed by atoms with Crippen molar-refractivity contribution in [1.29, 1.82) is 0 Å². The Balaban J connectivity index is 2.24. The highest BCUT2D eigenvalue weighted by molar-refractivity contribution is 9.10. The molecule has 0 aliphatic carbocycles. The third-order valence-corrected chi connectivity index (χ3v) is 3.28. The molecule has 0 unspecified atom stereocenters. The largest absolute Gasteiger partial charge is 0.461 e. The third-order valence-electron chi connectivity index (χ3n) is 2.79. The topological polar surface area (TPSA) is 57.0 Å². The second kappa shape index (κ2) is 6.13. The van der Waals surface area contributed by atoms with Crippen molar-refractivity contribution in [2.75, 3.05) is 6.61 Å². The van der Waals surface area contributed by atoms with Crippen LogP contribution in [0.15, 0.2) is 22.7 Å². The normalized spacial score (nSPS) is 10.6. The van der Waals surface area contributed by atoms with Crippen molar-refractivity contribution in [3.8, 4) is 0 Å². The Morgan fingerprint density at radius 2 is 2.25 bits per heavy atom. The third kappa shape index (κ3) is 3.04. The van der Waals surface area contributed by atoms with E-state index in [9.17, 15) is 9.18 Å². The molecule has 1 aromatic heterocycles. The summed E-state index contributed by atoms with van der Waals surface area (Å²) in [6, 6.07) is 4.79. The molecule has 2 rings (SSSR count). The molecule has 5 nitrogen and oxygen atoms in total. The van der Waals surface area contributed by atoms with Crippen molar-refractivity contribution in [3.05, 3.63) is 45.4 Å². The van der Waals surface area contributed by atoms with Gasteiger partial charge < -0.3 is 4.74 Å². The molecule has 0 N–H and O–H groups in total. The molecular weight excluding hydrogens is 329 g/mol. The molecule has 0 aliphatic rings. The van der Waals surface area contributed by atoms with E-state index in [1.165, 1.54) is 10.7 Å². The number of benzene rings is 1. The number of esters is 1. The van der Waals surface area contributed by atoms with Gasteiger partial charge in [-0.05, 0) is 26.0 Å². The van der Waals surface area contributed by atoms with Crippen molar-refractivity contribution in [2.45, 2.75) is 20.4 Å². The van der Waals surface area contributed by atoms with Gasteiger partial charge in [0.25, 0.3) is 0 Å². The minimum absolute atomic E-state index is 0.157. The number of hydrogen-bond donors (Lipinski definition) is 0. The zero-order chi connectivity index (χ0) is 14.7. The van der Waals surface area contributed by atoms with Crippen LogP contribution in [0.2, 0.25) is 0 Å². The van der Waals surface area contributed by atoms with Crippen LogP contribution in [0.1, 0.15) is 28.7 Å². The summed E-state index contributed by atoms with van der Waals surface area (Å²) >= 11 is 3.20. The maximum atomic E-state index is 13.8. The smallest absolute Gasteiger partial charge is 0.360 e. The number of hydrogen-bond acceptors (Lipinski definition) is 4. The van der Waals surface area contributed by atoms with E-state index < -0.39 is 5.97 Å². The summed E-state index contributed by atoms with van der Waals surface area (Å²) < 4.78 is 20.8. The molecule has 0 atom stereocenters. The van der Waals surface area contributed by atoms with Gasteiger partial charge in [0.2, 0.25) is 0 Å². The fourth-order valence-corrected chi connectivity index (χ4v) is 2.04. The van der Waals surface area contributed by atoms with E-state index in [-0.39, 0.29) is 24.7 Å². The predicted octanol–water partition coefficient (Wildman–Crippen LogP) is 2.71. The Bertz CT molecular complexity index is 643. The molecular formula is C13H13BrFN3O2. The van der Waals surface area contributed by atoms with E-state index in [1.54, 1.807) is 26.0 Å². The summed E-state index contributed by atoms with van der Waals surface area (Å²) in [6.07, 6.45) is 0. The molecule has 0 aliphatic heterocycles. The van der Waals surface area contributed by atoms with E-state index in [1.807, 2.05) is 0 Å². The lowest BCUT2D eigenvalue weighted by Crippen LogP contribution is -2.09. The molecule has 2 aromatic rings. The number of ether oxygens (including phenoxy) is 1. The zero-order valence-corrected chi connectivity index (χ0v) is 12.6. The first-order chi connectivity index (χ1) is 9.52. The quantitative estimate of drug-likeness (QED) is 0.802. The van der Waals surface area contributed by atoms with Gasteiger partial charge in [-0.15, -0.1) is 5.10 Å². The molecule has 0 bridgehead atoms. The van der Waals surface area contributed by atoms with Crippen molar-refractivity contribution < 1.29 is 13.9 Å². The van der Waals surface area contributed by atoms with Gasteiger partial charge in [-0.3, -0.25) is 0 Å². The number of nitrogens with zero attached hydrogens (tertiary/aromatic N) is 3. The molecule has 1 aromatic carbocycles. The molecule has 1 heterocycles. The SMILES string of the molecule is CCOC(=O)c1nnn(Cc2ccc(Br)cc2F)c1C. The van der Waals surface area contributed by atoms with Crippen LogP contribution in [-0.2, 0) is 11.3 Å². The lowest BCUT2D eigenvalue weighted by molar-refractivity contribution is 0.0518. The first-order valence-corrected chi connectivity index (χ1v) is 6.83. The van der Waals surface area contributed by atoms with Gasteiger partial charge >= 0.3 is 5.97 Å². The number of halogens is 2. The Morgan fingerprint density at radius 3 is 2.90 bits per heavy atom. The Morgan fingerprint density at radius 1 is 1.50 bits per heavy atom. The number of carbonyl (C=O) groups is 1. The molecule has 0 saturated heterocycles. The Hall–Kier alpha value is -1.76. The van der Waals surface area contributed by atoms with Gasteiger partial charge in [-0.1, -0.05) is 27.2 Å². The fourth-order valence-electron chi connectivity index (χ4n) is 1.71. The van der Waals surface area contributed by atoms with Gasteiger partial charge in [0.15, 0.2) is 5.69 Å². The van der Waals surface area contributed by atoms with Crippen LogP contribution < -0.4 is 0 Å². The van der Waals surface area contributed by atoms with Crippen LogP contribution in [0.3, 0.4) is 0 Å². The van der Waals surface area contributed by atoms with E-state index in [0.717, 1.165) is 0 Å². The van der Waals surface area contributed by atoms with Gasteiger partial charge in [0.05, 0.1) is 18.8 Å². The Labute approximate surface area is 123 Å². The molecule has 20 heavy (non-hydrogen) atoms. The summed E-state index contributed by atoms with van der Waals surface area (Å²) in [4.78, 5) is 11.6. The lowest BCUT2D eigenvalue weighted by Gasteiger charge is -2.05. The van der Waals surface area contributed by atoms with E-state index in [4.69, 9.17) is 4.74 Å². The zero-order valence-electron chi connectivity index (χ0n) is 11.1. The van der Waals surface area contributed by atoms with Gasteiger partial charge in [-0.2, -0.15) is 0 Å². The second-order valence-corrected chi connectivity index (χ2v) is 5.05. The maximum absolute atomic E-state index is 13.8. The van der Waals surface area contributed by atoms with Crippen LogP contribution in [-0.4, -0.2) is 27.6 Å². The molecule has 0 fully saturated rings. The predicted molar refractivity (Wildman–Crippen MR) is 73.9 cm³/mol. The summed E-state index contributed by atoms with van der Waals surface area (Å²) in [7, 11) is 0. The molecule has 7 heteroatoms. The van der Waals surface area contributed by atoms with E-state index >= 15 is 0 Å². The first kappa shape index (κ1) is 14.6. The van der Waals surface area contributed by atoms with Crippen LogP contribution >= 0.6 is 15.9 Å². The van der Waals surface area contributed by atoms with Gasteiger partial charge in [0.1, 0.15) is 5.82 Å². The fraction of sp³-hybridized carbons (Fsp3) is 0.308. The Kier molecular flexibility index (Phi) is 4.49. The summed E-state index contributed by atoms with van der Waals surface area (Å²) in [6.45, 7) is 3.89. The van der Waals surface area contributed by atoms with E-state index in [2.05, 4.69) is 26.2 Å². The first-order valence-electron chi connectivity index (χ1n) is 6.04. The maximum Gasteiger partial charge on any atom is 0.360 e. The van der Waals surface area contributed by atoms with Crippen LogP contribution in [0.25, 0.3) is 0 Å². The van der Waals surface area contributed by atoms with Crippen LogP contribution in [0.5, 0.6) is 0 Å². The average molecular weight is 342 g/mol. The second-order valence-electron chi connectivity index (χ2n) is 4.14. The summed E-state index contributed by atoms with van der Waals surface area (Å²) in [5.41, 5.74) is 1.17. The van der Waals surface area contributed by atoms with Crippen LogP contribution in [0.4, 0.5) is 4.39 Å². The van der Waals surface area contributed by atoms with Crippen molar-refractivity contribution >= 4 is 21.9 Å². The van der Waals surface area contributed by atoms with Crippen molar-refractivity contribution in [1.82, 2.24) is 15.0 Å². The number of rotatable bonds is 4. The molecule has 106 valence electrons. The highest BCUT2D eigenvalue weighted by Gasteiger charge is 2.18. The van der Waals surface area contributed by atoms with E-state index in [0.29, 0.717) is 15.7 Å². The van der Waals surface area contributed by atoms with Crippen molar-refractivity contribution in [3.63, 3.8) is 0 Å². The lowest BCUT2D eigenvalue weighted by atomic mass is 10.2. The molecule has 0 amide bonds. The molecule has 0 saturated carbocycles. The highest BCUT2D eigenvalue weighted by atomic mass is 79.9. The molecule has 0 spiro atoms. The van der Waals surface area contributed by atoms with Gasteiger partial charge in [-0.25, -0.2) is 13.9 Å². The standard InChI is InChI=1S/C13H13BrFN3O2/c1-3-20-13(19)12-8(2)18(17-16-12)7-9-4-5-10(14)6-11(9)15/h4-6H,3,7H2,1-2H3. The minimum Gasteiger partial charge on any atom is -0.461 e. The molecule has 0 radical (unpaired) electrons. The highest BCUT2D eigenvalue weighted by Crippen LogP contribution is 2.17. The number of aromatic nitrogens is 3. The van der Waals surface area contributed by atoms with Gasteiger partial charge in [0, 0.05) is 10.0 Å². The number of carbonyl (C=O) groups excluding carboxylic acids is 1.